The van der Waals surface area contributed by atoms with Gasteiger partial charge in [0, 0.05) is 11.2 Å². The lowest BCUT2D eigenvalue weighted by Crippen LogP contribution is -2.64. The zero-order valence-corrected chi connectivity index (χ0v) is 5.75. The van der Waals surface area contributed by atoms with Crippen molar-refractivity contribution in [2.75, 3.05) is 0 Å². The van der Waals surface area contributed by atoms with E-state index in [0.29, 0.717) is 11.2 Å². The lowest BCUT2D eigenvalue weighted by atomic mass is 10.0. The molecule has 1 saturated heterocycles. The van der Waals surface area contributed by atoms with Crippen LogP contribution in [-0.2, 0) is 0 Å². The molecule has 1 aliphatic carbocycles. The molecule has 2 rings (SSSR count). The van der Waals surface area contributed by atoms with Gasteiger partial charge in [-0.3, -0.25) is 5.32 Å². The van der Waals surface area contributed by atoms with Crippen molar-refractivity contribution in [3.8, 4) is 0 Å². The summed E-state index contributed by atoms with van der Waals surface area (Å²) in [4.78, 5) is 0. The Labute approximate surface area is 50.9 Å². The van der Waals surface area contributed by atoms with Crippen LogP contribution in [0.5, 0.6) is 0 Å². The maximum atomic E-state index is 8.96. The molecule has 0 aromatic carbocycles. The number of rotatable bonds is 0. The Morgan fingerprint density at radius 3 is 2.38 bits per heavy atom. The highest BCUT2D eigenvalue weighted by Gasteiger charge is 2.58. The summed E-state index contributed by atoms with van der Waals surface area (Å²) in [6, 6.07) is 0. The van der Waals surface area contributed by atoms with Gasteiger partial charge in [-0.25, -0.2) is 0 Å². The fraction of sp³-hybridized carbons (Fsp3) is 1.00. The second-order valence-corrected chi connectivity index (χ2v) is 3.49. The molecule has 3 unspecified atom stereocenters. The monoisotopic (exact) mass is 131 g/mol. The summed E-state index contributed by atoms with van der Waals surface area (Å²) in [7, 11) is 2.68. The van der Waals surface area contributed by atoms with E-state index in [-0.39, 0.29) is 6.23 Å². The first-order valence-corrected chi connectivity index (χ1v) is 3.63. The summed E-state index contributed by atoms with van der Waals surface area (Å²) in [6.45, 7) is 0. The molecule has 0 aromatic rings. The number of aliphatic hydroxyl groups excluding tert-OH is 1. The van der Waals surface area contributed by atoms with Gasteiger partial charge in [0.1, 0.15) is 6.23 Å². The van der Waals surface area contributed by atoms with Gasteiger partial charge in [0.15, 0.2) is 0 Å². The van der Waals surface area contributed by atoms with Crippen LogP contribution < -0.4 is 5.32 Å². The molecule has 3 atom stereocenters. The molecule has 0 bridgehead atoms. The first-order valence-electron chi connectivity index (χ1n) is 2.96. The topological polar surface area (TPSA) is 32.3 Å². The number of aliphatic hydroxyl groups is 1. The molecule has 1 aliphatic heterocycles. The average Bonchev–Trinajstić information content (AvgIpc) is 2.49. The van der Waals surface area contributed by atoms with Crippen molar-refractivity contribution in [3.05, 3.63) is 0 Å². The fourth-order valence-corrected chi connectivity index (χ4v) is 1.82. The summed E-state index contributed by atoms with van der Waals surface area (Å²) in [5.74, 6) is 0. The van der Waals surface area contributed by atoms with Gasteiger partial charge >= 0.3 is 0 Å². The lowest BCUT2D eigenvalue weighted by Gasteiger charge is -2.41. The van der Waals surface area contributed by atoms with E-state index in [4.69, 9.17) is 5.11 Å². The SMILES string of the molecule is OC1NC2(CC2)C1P. The van der Waals surface area contributed by atoms with Crippen molar-refractivity contribution in [1.82, 2.24) is 5.32 Å². The molecule has 2 N–H and O–H groups in total. The molecule has 1 heterocycles. The molecular formula is C5H10NOP. The van der Waals surface area contributed by atoms with Gasteiger partial charge in [0.25, 0.3) is 0 Å². The zero-order chi connectivity index (χ0) is 5.78. The van der Waals surface area contributed by atoms with E-state index < -0.39 is 0 Å². The second-order valence-electron chi connectivity index (χ2n) is 2.77. The van der Waals surface area contributed by atoms with Crippen LogP contribution in [0.15, 0.2) is 0 Å². The molecule has 0 amide bonds. The predicted molar refractivity (Wildman–Crippen MR) is 34.6 cm³/mol. The van der Waals surface area contributed by atoms with Crippen LogP contribution in [0.1, 0.15) is 12.8 Å². The van der Waals surface area contributed by atoms with Crippen LogP contribution in [0, 0.1) is 0 Å². The van der Waals surface area contributed by atoms with Crippen LogP contribution in [0.2, 0.25) is 0 Å². The smallest absolute Gasteiger partial charge is 0.113 e. The van der Waals surface area contributed by atoms with Crippen molar-refractivity contribution < 1.29 is 5.11 Å². The quantitative estimate of drug-likeness (QED) is 0.442. The van der Waals surface area contributed by atoms with E-state index in [1.165, 1.54) is 12.8 Å². The van der Waals surface area contributed by atoms with Crippen LogP contribution in [0.25, 0.3) is 0 Å². The normalized spacial score (nSPS) is 48.8. The van der Waals surface area contributed by atoms with Gasteiger partial charge in [0.05, 0.1) is 0 Å². The summed E-state index contributed by atoms with van der Waals surface area (Å²) >= 11 is 0. The van der Waals surface area contributed by atoms with Gasteiger partial charge in [-0.1, -0.05) is 0 Å². The largest absolute Gasteiger partial charge is 0.378 e. The molecule has 8 heavy (non-hydrogen) atoms. The Balaban J connectivity index is 2.06. The van der Waals surface area contributed by atoms with E-state index in [1.54, 1.807) is 0 Å². The third-order valence-corrected chi connectivity index (χ3v) is 3.20. The molecule has 0 aromatic heterocycles. The van der Waals surface area contributed by atoms with E-state index in [0.717, 1.165) is 0 Å². The maximum absolute atomic E-state index is 8.96. The Morgan fingerprint density at radius 1 is 1.62 bits per heavy atom. The number of hydrogen-bond acceptors (Lipinski definition) is 2. The minimum absolute atomic E-state index is 0.248. The number of nitrogens with one attached hydrogen (secondary N) is 1. The molecule has 2 nitrogen and oxygen atoms in total. The van der Waals surface area contributed by atoms with Crippen molar-refractivity contribution in [3.63, 3.8) is 0 Å². The van der Waals surface area contributed by atoms with Crippen LogP contribution in [0.4, 0.5) is 0 Å². The highest BCUT2D eigenvalue weighted by atomic mass is 31.0. The van der Waals surface area contributed by atoms with E-state index in [1.807, 2.05) is 0 Å². The van der Waals surface area contributed by atoms with Gasteiger partial charge in [0.2, 0.25) is 0 Å². The van der Waals surface area contributed by atoms with Gasteiger partial charge in [-0.05, 0) is 12.8 Å². The molecule has 2 fully saturated rings. The minimum Gasteiger partial charge on any atom is -0.378 e. The van der Waals surface area contributed by atoms with Gasteiger partial charge in [-0.2, -0.15) is 0 Å². The minimum atomic E-state index is -0.248. The molecule has 0 radical (unpaired) electrons. The zero-order valence-electron chi connectivity index (χ0n) is 4.59. The van der Waals surface area contributed by atoms with Crippen LogP contribution in [-0.4, -0.2) is 22.5 Å². The highest BCUT2D eigenvalue weighted by Crippen LogP contribution is 2.49. The molecule has 3 heteroatoms. The van der Waals surface area contributed by atoms with E-state index >= 15 is 0 Å². The summed E-state index contributed by atoms with van der Waals surface area (Å²) in [5, 5.41) is 12.0. The molecule has 1 spiro atoms. The lowest BCUT2D eigenvalue weighted by molar-refractivity contribution is 0.0319. The van der Waals surface area contributed by atoms with E-state index in [2.05, 4.69) is 14.6 Å². The van der Waals surface area contributed by atoms with Crippen LogP contribution in [0.3, 0.4) is 0 Å². The molecular weight excluding hydrogens is 121 g/mol. The number of hydrogen-bond donors (Lipinski definition) is 2. The Kier molecular flexibility index (Phi) is 0.811. The fourth-order valence-electron chi connectivity index (χ4n) is 1.30. The van der Waals surface area contributed by atoms with Crippen molar-refractivity contribution >= 4 is 9.24 Å². The van der Waals surface area contributed by atoms with Gasteiger partial charge in [-0.15, -0.1) is 9.24 Å². The Hall–Kier alpha value is 0.350. The van der Waals surface area contributed by atoms with Gasteiger partial charge < -0.3 is 5.11 Å². The van der Waals surface area contributed by atoms with Crippen LogP contribution >= 0.6 is 9.24 Å². The third-order valence-electron chi connectivity index (χ3n) is 2.20. The molecule has 2 aliphatic rings. The third kappa shape index (κ3) is 0.439. The summed E-state index contributed by atoms with van der Waals surface area (Å²) < 4.78 is 0. The first kappa shape index (κ1) is 5.16. The molecule has 1 saturated carbocycles. The molecule has 46 valence electrons. The second kappa shape index (κ2) is 1.26. The summed E-state index contributed by atoms with van der Waals surface area (Å²) in [6.07, 6.45) is 2.25. The van der Waals surface area contributed by atoms with Crippen molar-refractivity contribution in [1.29, 1.82) is 0 Å². The highest BCUT2D eigenvalue weighted by molar-refractivity contribution is 7.18. The standard InChI is InChI=1S/C5H10NOP/c7-4-3(8)5(6-4)1-2-5/h3-4,6-7H,1-2,8H2. The van der Waals surface area contributed by atoms with Crippen molar-refractivity contribution in [2.45, 2.75) is 30.3 Å². The summed E-state index contributed by atoms with van der Waals surface area (Å²) in [5.41, 5.74) is 0.784. The maximum Gasteiger partial charge on any atom is 0.113 e. The predicted octanol–water partition coefficient (Wildman–Crippen LogP) is -0.316. The van der Waals surface area contributed by atoms with E-state index in [9.17, 15) is 0 Å². The average molecular weight is 131 g/mol. The van der Waals surface area contributed by atoms with Crippen molar-refractivity contribution in [2.24, 2.45) is 0 Å². The Morgan fingerprint density at radius 2 is 2.25 bits per heavy atom. The first-order chi connectivity index (χ1) is 3.75. The Bertz CT molecular complexity index is 124.